The number of benzene rings is 1. The Morgan fingerprint density at radius 1 is 1.32 bits per heavy atom. The van der Waals surface area contributed by atoms with Crippen LogP contribution in [0, 0.1) is 23.1 Å². The van der Waals surface area contributed by atoms with E-state index in [0.29, 0.717) is 24.5 Å². The number of ketones is 1. The second-order valence-corrected chi connectivity index (χ2v) is 7.55. The van der Waals surface area contributed by atoms with E-state index in [-0.39, 0.29) is 42.0 Å². The predicted molar refractivity (Wildman–Crippen MR) is 102 cm³/mol. The van der Waals surface area contributed by atoms with Crippen LogP contribution in [-0.2, 0) is 11.2 Å². The predicted octanol–water partition coefficient (Wildman–Crippen LogP) is 2.61. The lowest BCUT2D eigenvalue weighted by Gasteiger charge is -2.16. The van der Waals surface area contributed by atoms with Crippen molar-refractivity contribution < 1.29 is 14.3 Å². The van der Waals surface area contributed by atoms with Crippen LogP contribution in [0.15, 0.2) is 30.3 Å². The number of anilines is 1. The van der Waals surface area contributed by atoms with E-state index < -0.39 is 6.10 Å². The van der Waals surface area contributed by atoms with E-state index in [9.17, 15) is 14.3 Å². The van der Waals surface area contributed by atoms with Gasteiger partial charge in [-0.15, -0.1) is 10.2 Å². The molecular weight excluding hydrogens is 359 g/mol. The molecule has 3 rings (SSSR count). The summed E-state index contributed by atoms with van der Waals surface area (Å²) in [6, 6.07) is 10.2. The smallest absolute Gasteiger partial charge is 0.163 e. The normalized spacial score (nSPS) is 19.1. The molecule has 0 aliphatic carbocycles. The first-order valence-corrected chi connectivity index (χ1v) is 9.34. The summed E-state index contributed by atoms with van der Waals surface area (Å²) in [7, 11) is 0. The van der Waals surface area contributed by atoms with Gasteiger partial charge in [0.15, 0.2) is 11.5 Å². The van der Waals surface area contributed by atoms with Crippen LogP contribution in [-0.4, -0.2) is 40.3 Å². The van der Waals surface area contributed by atoms with Crippen LogP contribution in [0.4, 0.5) is 10.2 Å². The molecule has 1 aliphatic rings. The number of aliphatic hydroxyl groups excluding tert-OH is 1. The zero-order valence-corrected chi connectivity index (χ0v) is 16.0. The van der Waals surface area contributed by atoms with Crippen molar-refractivity contribution in [3.8, 4) is 6.07 Å². The third-order valence-corrected chi connectivity index (χ3v) is 5.12. The molecule has 146 valence electrons. The van der Waals surface area contributed by atoms with E-state index >= 15 is 0 Å². The minimum absolute atomic E-state index is 0.0180. The van der Waals surface area contributed by atoms with Crippen molar-refractivity contribution >= 4 is 11.6 Å². The largest absolute Gasteiger partial charge is 0.391 e. The fraction of sp³-hybridized carbons (Fsp3) is 0.429. The highest BCUT2D eigenvalue weighted by Gasteiger charge is 2.33. The molecule has 1 aliphatic heterocycles. The van der Waals surface area contributed by atoms with Crippen LogP contribution >= 0.6 is 0 Å². The van der Waals surface area contributed by atoms with E-state index in [0.717, 1.165) is 5.56 Å². The van der Waals surface area contributed by atoms with Crippen molar-refractivity contribution in [3.63, 3.8) is 0 Å². The lowest BCUT2D eigenvalue weighted by Crippen LogP contribution is -2.22. The molecule has 7 heteroatoms. The second-order valence-electron chi connectivity index (χ2n) is 7.55. The molecule has 0 bridgehead atoms. The zero-order valence-electron chi connectivity index (χ0n) is 16.0. The minimum atomic E-state index is -0.672. The molecule has 0 saturated carbocycles. The average molecular weight is 382 g/mol. The number of nitrogens with zero attached hydrogens (tertiary/aromatic N) is 4. The highest BCUT2D eigenvalue weighted by atomic mass is 19.1. The zero-order chi connectivity index (χ0) is 20.3. The maximum Gasteiger partial charge on any atom is 0.163 e. The summed E-state index contributed by atoms with van der Waals surface area (Å²) in [4.78, 5) is 14.3. The van der Waals surface area contributed by atoms with Crippen LogP contribution < -0.4 is 4.90 Å². The number of rotatable bonds is 6. The van der Waals surface area contributed by atoms with Crippen LogP contribution in [0.2, 0.25) is 0 Å². The summed E-state index contributed by atoms with van der Waals surface area (Å²) in [6.45, 7) is 4.79. The van der Waals surface area contributed by atoms with Gasteiger partial charge in [-0.3, -0.25) is 4.79 Å². The molecule has 6 nitrogen and oxygen atoms in total. The molecule has 28 heavy (non-hydrogen) atoms. The van der Waals surface area contributed by atoms with Gasteiger partial charge < -0.3 is 10.0 Å². The molecule has 1 fully saturated rings. The van der Waals surface area contributed by atoms with Crippen LogP contribution in [0.1, 0.15) is 43.0 Å². The van der Waals surface area contributed by atoms with Gasteiger partial charge in [0.05, 0.1) is 6.10 Å². The van der Waals surface area contributed by atoms with Crippen LogP contribution in [0.5, 0.6) is 0 Å². The van der Waals surface area contributed by atoms with Gasteiger partial charge in [-0.1, -0.05) is 26.0 Å². The van der Waals surface area contributed by atoms with Gasteiger partial charge in [-0.05, 0) is 35.2 Å². The molecule has 1 aromatic carbocycles. The number of Topliss-reactive ketones (excluding diaryl/α,β-unsaturated/α-hetero) is 1. The first-order valence-electron chi connectivity index (χ1n) is 9.34. The fourth-order valence-corrected chi connectivity index (χ4v) is 3.44. The number of aliphatic hydroxyl groups is 1. The Morgan fingerprint density at radius 2 is 2.11 bits per heavy atom. The van der Waals surface area contributed by atoms with Crippen LogP contribution in [0.3, 0.4) is 0 Å². The quantitative estimate of drug-likeness (QED) is 0.826. The number of β-amino-alcohol motifs (C(OH)–C–C–N with tert-alkyl or cyclic N) is 1. The van der Waals surface area contributed by atoms with E-state index in [2.05, 4.69) is 10.2 Å². The van der Waals surface area contributed by atoms with Gasteiger partial charge in [0.2, 0.25) is 0 Å². The SMILES string of the molecule is CC(C)c1ccc(CC(=O)C[C@@H]2CN(c3ccc(C#N)nn3)C[C@H]2O)c(F)c1. The average Bonchev–Trinajstić information content (AvgIpc) is 3.03. The first kappa shape index (κ1) is 19.9. The standard InChI is InChI=1S/C21H23FN4O2/c1-13(2)14-3-4-15(19(22)9-14)7-18(27)8-16-11-26(12-20(16)28)21-6-5-17(10-23)24-25-21/h3-6,9,13,16,20,28H,7-8,11-12H2,1-2H3/t16-,20-/m1/s1. The molecule has 2 heterocycles. The van der Waals surface area contributed by atoms with Crippen molar-refractivity contribution in [2.75, 3.05) is 18.0 Å². The van der Waals surface area contributed by atoms with Gasteiger partial charge in [0.1, 0.15) is 17.7 Å². The number of hydrogen-bond donors (Lipinski definition) is 1. The molecule has 0 radical (unpaired) electrons. The summed E-state index contributed by atoms with van der Waals surface area (Å²) >= 11 is 0. The summed E-state index contributed by atoms with van der Waals surface area (Å²) in [6.07, 6.45) is -0.480. The van der Waals surface area contributed by atoms with Crippen molar-refractivity contribution in [1.29, 1.82) is 5.26 Å². The van der Waals surface area contributed by atoms with Crippen molar-refractivity contribution in [3.05, 3.63) is 53.0 Å². The molecule has 1 N–H and O–H groups in total. The Balaban J connectivity index is 1.60. The molecule has 1 saturated heterocycles. The first-order chi connectivity index (χ1) is 13.4. The van der Waals surface area contributed by atoms with Gasteiger partial charge in [0, 0.05) is 31.8 Å². The number of carbonyl (C=O) groups excluding carboxylic acids is 1. The number of hydrogen-bond acceptors (Lipinski definition) is 6. The fourth-order valence-electron chi connectivity index (χ4n) is 3.44. The van der Waals surface area contributed by atoms with Crippen molar-refractivity contribution in [2.24, 2.45) is 5.92 Å². The topological polar surface area (TPSA) is 90.1 Å². The molecule has 2 atom stereocenters. The third kappa shape index (κ3) is 4.52. The van der Waals surface area contributed by atoms with Crippen molar-refractivity contribution in [1.82, 2.24) is 10.2 Å². The lowest BCUT2D eigenvalue weighted by molar-refractivity contribution is -0.119. The van der Waals surface area contributed by atoms with E-state index in [4.69, 9.17) is 5.26 Å². The van der Waals surface area contributed by atoms with Crippen LogP contribution in [0.25, 0.3) is 0 Å². The maximum absolute atomic E-state index is 14.3. The molecular formula is C21H23FN4O2. The Hall–Kier alpha value is -2.85. The Kier molecular flexibility index (Phi) is 6.00. The number of halogens is 1. The Morgan fingerprint density at radius 3 is 2.71 bits per heavy atom. The van der Waals surface area contributed by atoms with E-state index in [1.54, 1.807) is 18.2 Å². The van der Waals surface area contributed by atoms with E-state index in [1.807, 2.05) is 30.9 Å². The maximum atomic E-state index is 14.3. The number of carbonyl (C=O) groups is 1. The number of nitriles is 1. The van der Waals surface area contributed by atoms with E-state index in [1.165, 1.54) is 6.07 Å². The summed E-state index contributed by atoms with van der Waals surface area (Å²) in [5.41, 5.74) is 1.51. The highest BCUT2D eigenvalue weighted by molar-refractivity contribution is 5.81. The van der Waals surface area contributed by atoms with Gasteiger partial charge in [-0.2, -0.15) is 5.26 Å². The van der Waals surface area contributed by atoms with Gasteiger partial charge >= 0.3 is 0 Å². The third-order valence-electron chi connectivity index (χ3n) is 5.12. The Labute approximate surface area is 163 Å². The highest BCUT2D eigenvalue weighted by Crippen LogP contribution is 2.26. The van der Waals surface area contributed by atoms with Gasteiger partial charge in [0.25, 0.3) is 0 Å². The van der Waals surface area contributed by atoms with Gasteiger partial charge in [-0.25, -0.2) is 4.39 Å². The second kappa shape index (κ2) is 8.44. The minimum Gasteiger partial charge on any atom is -0.391 e. The molecule has 2 aromatic rings. The molecule has 0 amide bonds. The molecule has 0 spiro atoms. The van der Waals surface area contributed by atoms with Crippen molar-refractivity contribution in [2.45, 2.75) is 38.7 Å². The molecule has 1 aromatic heterocycles. The summed E-state index contributed by atoms with van der Waals surface area (Å²) < 4.78 is 14.3. The number of aromatic nitrogens is 2. The lowest BCUT2D eigenvalue weighted by atomic mass is 9.94. The summed E-state index contributed by atoms with van der Waals surface area (Å²) in [5, 5.41) is 26.9. The monoisotopic (exact) mass is 382 g/mol. The summed E-state index contributed by atoms with van der Waals surface area (Å²) in [5.74, 6) is 0.0736. The Bertz CT molecular complexity index is 892. The molecule has 0 unspecified atom stereocenters.